The zero-order chi connectivity index (χ0) is 13.8. The third-order valence-electron chi connectivity index (χ3n) is 3.05. The van der Waals surface area contributed by atoms with Gasteiger partial charge in [-0.15, -0.1) is 0 Å². The van der Waals surface area contributed by atoms with Crippen LogP contribution in [0.5, 0.6) is 0 Å². The van der Waals surface area contributed by atoms with E-state index in [-0.39, 0.29) is 6.04 Å². The Hall–Kier alpha value is -1.01. The third kappa shape index (κ3) is 3.73. The molecule has 1 aliphatic rings. The molecule has 1 aromatic carbocycles. The second kappa shape index (κ2) is 6.43. The highest BCUT2D eigenvalue weighted by atomic mass is 79.9. The lowest BCUT2D eigenvalue weighted by atomic mass is 10.2. The average Bonchev–Trinajstić information content (AvgIpc) is 2.90. The van der Waals surface area contributed by atoms with Crippen LogP contribution in [0.3, 0.4) is 0 Å². The minimum Gasteiger partial charge on any atom is -0.334 e. The minimum atomic E-state index is -0.586. The standard InChI is InChI=1S/C13H15BrN2O2S/c1-16(11-5-6-19-8-11)13(18)12(17)15-10-4-2-3-9(14)7-10/h2-4,7,11H,5-6,8H2,1H3,(H,15,17)/t11-/m1/s1. The minimum absolute atomic E-state index is 0.172. The van der Waals surface area contributed by atoms with Gasteiger partial charge in [-0.1, -0.05) is 22.0 Å². The number of anilines is 1. The second-order valence-corrected chi connectivity index (χ2v) is 6.46. The summed E-state index contributed by atoms with van der Waals surface area (Å²) in [5, 5.41) is 2.62. The average molecular weight is 343 g/mol. The summed E-state index contributed by atoms with van der Waals surface area (Å²) in [7, 11) is 1.69. The van der Waals surface area contributed by atoms with Crippen LogP contribution in [-0.2, 0) is 9.59 Å². The fourth-order valence-corrected chi connectivity index (χ4v) is 3.57. The summed E-state index contributed by atoms with van der Waals surface area (Å²) in [5.74, 6) is 0.895. The predicted octanol–water partition coefficient (Wildman–Crippen LogP) is 2.35. The van der Waals surface area contributed by atoms with E-state index in [4.69, 9.17) is 0 Å². The molecule has 1 atom stereocenters. The molecule has 2 amide bonds. The Labute approximate surface area is 125 Å². The molecule has 1 saturated heterocycles. The van der Waals surface area contributed by atoms with Gasteiger partial charge in [0.15, 0.2) is 0 Å². The Kier molecular flexibility index (Phi) is 4.87. The van der Waals surface area contributed by atoms with Gasteiger partial charge in [0.25, 0.3) is 0 Å². The van der Waals surface area contributed by atoms with Crippen LogP contribution in [0, 0.1) is 0 Å². The van der Waals surface area contributed by atoms with Crippen LogP contribution < -0.4 is 5.32 Å². The number of carbonyl (C=O) groups is 2. The van der Waals surface area contributed by atoms with Crippen LogP contribution in [0.4, 0.5) is 5.69 Å². The molecule has 1 N–H and O–H groups in total. The molecule has 2 rings (SSSR count). The maximum absolute atomic E-state index is 12.0. The van der Waals surface area contributed by atoms with Crippen molar-refractivity contribution in [3.05, 3.63) is 28.7 Å². The van der Waals surface area contributed by atoms with Crippen molar-refractivity contribution in [3.63, 3.8) is 0 Å². The molecule has 0 aliphatic carbocycles. The monoisotopic (exact) mass is 342 g/mol. The van der Waals surface area contributed by atoms with Crippen molar-refractivity contribution in [1.82, 2.24) is 4.90 Å². The van der Waals surface area contributed by atoms with Gasteiger partial charge in [-0.2, -0.15) is 11.8 Å². The highest BCUT2D eigenvalue weighted by Gasteiger charge is 2.27. The lowest BCUT2D eigenvalue weighted by Crippen LogP contribution is -2.43. The molecular formula is C13H15BrN2O2S. The maximum atomic E-state index is 12.0. The van der Waals surface area contributed by atoms with Gasteiger partial charge in [0.05, 0.1) is 0 Å². The molecule has 1 heterocycles. The third-order valence-corrected chi connectivity index (χ3v) is 4.69. The number of carbonyl (C=O) groups excluding carboxylic acids is 2. The topological polar surface area (TPSA) is 49.4 Å². The molecule has 4 nitrogen and oxygen atoms in total. The number of hydrogen-bond acceptors (Lipinski definition) is 3. The number of nitrogens with one attached hydrogen (secondary N) is 1. The molecule has 102 valence electrons. The van der Waals surface area contributed by atoms with E-state index in [0.29, 0.717) is 5.69 Å². The summed E-state index contributed by atoms with van der Waals surface area (Å²) >= 11 is 5.14. The van der Waals surface area contributed by atoms with E-state index >= 15 is 0 Å². The normalized spacial score (nSPS) is 18.1. The van der Waals surface area contributed by atoms with Crippen molar-refractivity contribution in [2.24, 2.45) is 0 Å². The number of amides is 2. The Morgan fingerprint density at radius 1 is 1.47 bits per heavy atom. The number of halogens is 1. The van der Waals surface area contributed by atoms with Gasteiger partial charge in [0.2, 0.25) is 0 Å². The molecule has 0 bridgehead atoms. The van der Waals surface area contributed by atoms with E-state index in [1.807, 2.05) is 23.9 Å². The maximum Gasteiger partial charge on any atom is 0.313 e. The predicted molar refractivity (Wildman–Crippen MR) is 81.3 cm³/mol. The summed E-state index contributed by atoms with van der Waals surface area (Å²) in [6.07, 6.45) is 0.955. The molecule has 0 unspecified atom stereocenters. The summed E-state index contributed by atoms with van der Waals surface area (Å²) in [5.41, 5.74) is 0.613. The zero-order valence-electron chi connectivity index (χ0n) is 10.6. The zero-order valence-corrected chi connectivity index (χ0v) is 13.0. The van der Waals surface area contributed by atoms with Crippen LogP contribution in [0.2, 0.25) is 0 Å². The van der Waals surface area contributed by atoms with Gasteiger partial charge in [0.1, 0.15) is 0 Å². The van der Waals surface area contributed by atoms with Crippen LogP contribution in [0.25, 0.3) is 0 Å². The van der Waals surface area contributed by atoms with Crippen LogP contribution in [-0.4, -0.2) is 41.3 Å². The van der Waals surface area contributed by atoms with E-state index in [1.54, 1.807) is 24.1 Å². The lowest BCUT2D eigenvalue weighted by Gasteiger charge is -2.22. The summed E-state index contributed by atoms with van der Waals surface area (Å²) in [6, 6.07) is 7.35. The van der Waals surface area contributed by atoms with Crippen molar-refractivity contribution >= 4 is 45.2 Å². The number of hydrogen-bond donors (Lipinski definition) is 1. The first-order valence-corrected chi connectivity index (χ1v) is 7.94. The van der Waals surface area contributed by atoms with E-state index in [0.717, 1.165) is 22.4 Å². The summed E-state index contributed by atoms with van der Waals surface area (Å²) in [6.45, 7) is 0. The molecule has 0 spiro atoms. The number of rotatable bonds is 2. The fourth-order valence-electron chi connectivity index (χ4n) is 1.90. The highest BCUT2D eigenvalue weighted by Crippen LogP contribution is 2.21. The van der Waals surface area contributed by atoms with Gasteiger partial charge in [-0.05, 0) is 30.4 Å². The molecule has 1 aromatic rings. The van der Waals surface area contributed by atoms with Gasteiger partial charge in [-0.3, -0.25) is 9.59 Å². The quantitative estimate of drug-likeness (QED) is 0.839. The highest BCUT2D eigenvalue weighted by molar-refractivity contribution is 9.10. The number of likely N-dealkylation sites (N-methyl/N-ethyl adjacent to an activating group) is 1. The van der Waals surface area contributed by atoms with Gasteiger partial charge in [-0.25, -0.2) is 0 Å². The molecule has 6 heteroatoms. The first-order valence-electron chi connectivity index (χ1n) is 5.99. The van der Waals surface area contributed by atoms with Crippen molar-refractivity contribution in [2.75, 3.05) is 23.9 Å². The largest absolute Gasteiger partial charge is 0.334 e. The van der Waals surface area contributed by atoms with Crippen LogP contribution in [0.15, 0.2) is 28.7 Å². The van der Waals surface area contributed by atoms with Crippen molar-refractivity contribution < 1.29 is 9.59 Å². The molecular weight excluding hydrogens is 328 g/mol. The van der Waals surface area contributed by atoms with E-state index in [2.05, 4.69) is 21.2 Å². The van der Waals surface area contributed by atoms with Gasteiger partial charge < -0.3 is 10.2 Å². The Bertz CT molecular complexity index is 489. The lowest BCUT2D eigenvalue weighted by molar-refractivity contribution is -0.143. The summed E-state index contributed by atoms with van der Waals surface area (Å²) in [4.78, 5) is 25.5. The number of nitrogens with zero attached hydrogens (tertiary/aromatic N) is 1. The van der Waals surface area contributed by atoms with Crippen molar-refractivity contribution in [2.45, 2.75) is 12.5 Å². The Balaban J connectivity index is 1.97. The van der Waals surface area contributed by atoms with Gasteiger partial charge in [0, 0.05) is 29.0 Å². The molecule has 1 aliphatic heterocycles. The van der Waals surface area contributed by atoms with Crippen LogP contribution >= 0.6 is 27.7 Å². The first-order chi connectivity index (χ1) is 9.08. The Morgan fingerprint density at radius 2 is 2.26 bits per heavy atom. The first kappa shape index (κ1) is 14.4. The molecule has 0 radical (unpaired) electrons. The Morgan fingerprint density at radius 3 is 2.89 bits per heavy atom. The molecule has 0 aromatic heterocycles. The summed E-state index contributed by atoms with van der Waals surface area (Å²) < 4.78 is 0.860. The van der Waals surface area contributed by atoms with E-state index in [9.17, 15) is 9.59 Å². The molecule has 19 heavy (non-hydrogen) atoms. The van der Waals surface area contributed by atoms with Crippen molar-refractivity contribution in [1.29, 1.82) is 0 Å². The van der Waals surface area contributed by atoms with Crippen molar-refractivity contribution in [3.8, 4) is 0 Å². The SMILES string of the molecule is CN(C(=O)C(=O)Nc1cccc(Br)c1)[C@@H]1CCSC1. The second-order valence-electron chi connectivity index (χ2n) is 4.40. The smallest absolute Gasteiger partial charge is 0.313 e. The van der Waals surface area contributed by atoms with Crippen LogP contribution in [0.1, 0.15) is 6.42 Å². The molecule has 1 fully saturated rings. The van der Waals surface area contributed by atoms with Gasteiger partial charge >= 0.3 is 11.8 Å². The van der Waals surface area contributed by atoms with E-state index < -0.39 is 11.8 Å². The van der Waals surface area contributed by atoms with E-state index in [1.165, 1.54) is 0 Å². The number of thioether (sulfide) groups is 1. The number of benzene rings is 1. The fraction of sp³-hybridized carbons (Fsp3) is 0.385. The molecule has 0 saturated carbocycles.